The third-order valence-electron chi connectivity index (χ3n) is 3.67. The fourth-order valence-electron chi connectivity index (χ4n) is 2.46. The molecule has 0 aromatic carbocycles. The van der Waals surface area contributed by atoms with Gasteiger partial charge in [-0.2, -0.15) is 8.42 Å². The monoisotopic (exact) mass is 278 g/mol. The summed E-state index contributed by atoms with van der Waals surface area (Å²) in [4.78, 5) is 11.9. The van der Waals surface area contributed by atoms with Gasteiger partial charge in [-0.1, -0.05) is 20.8 Å². The summed E-state index contributed by atoms with van der Waals surface area (Å²) < 4.78 is 35.8. The largest absolute Gasteiger partial charge is 0.459 e. The van der Waals surface area contributed by atoms with Gasteiger partial charge in [-0.3, -0.25) is 9.35 Å². The summed E-state index contributed by atoms with van der Waals surface area (Å²) in [6.45, 7) is 5.47. The predicted octanol–water partition coefficient (Wildman–Crippen LogP) is 2.02. The maximum Gasteiger partial charge on any atom is 0.310 e. The lowest BCUT2D eigenvalue weighted by Gasteiger charge is -2.34. The van der Waals surface area contributed by atoms with Gasteiger partial charge in [-0.15, -0.1) is 0 Å². The number of hydrogen-bond acceptors (Lipinski definition) is 4. The Hall–Kier alpha value is -0.620. The minimum atomic E-state index is -4.14. The number of carbonyl (C=O) groups excluding carboxylic acids is 1. The average molecular weight is 278 g/mol. The van der Waals surface area contributed by atoms with Gasteiger partial charge in [0.25, 0.3) is 10.1 Å². The molecule has 0 aromatic heterocycles. The van der Waals surface area contributed by atoms with Crippen LogP contribution in [0.1, 0.15) is 46.5 Å². The van der Waals surface area contributed by atoms with Crippen LogP contribution >= 0.6 is 0 Å². The van der Waals surface area contributed by atoms with Gasteiger partial charge < -0.3 is 4.74 Å². The Morgan fingerprint density at radius 3 is 2.17 bits per heavy atom. The fraction of sp³-hybridized carbons (Fsp3) is 0.917. The molecule has 0 aromatic rings. The lowest BCUT2D eigenvalue weighted by molar-refractivity contribution is -0.168. The molecule has 0 aliphatic heterocycles. The van der Waals surface area contributed by atoms with E-state index in [1.54, 1.807) is 0 Å². The first-order valence-electron chi connectivity index (χ1n) is 6.34. The molecule has 1 atom stereocenters. The molecule has 0 saturated heterocycles. The number of carbonyl (C=O) groups is 1. The Morgan fingerprint density at radius 1 is 1.28 bits per heavy atom. The van der Waals surface area contributed by atoms with E-state index in [0.717, 1.165) is 25.7 Å². The summed E-state index contributed by atoms with van der Waals surface area (Å²) in [6, 6.07) is 0. The van der Waals surface area contributed by atoms with Crippen molar-refractivity contribution in [2.45, 2.75) is 52.1 Å². The van der Waals surface area contributed by atoms with Gasteiger partial charge in [0.05, 0.1) is 11.7 Å². The van der Waals surface area contributed by atoms with Crippen LogP contribution in [0.3, 0.4) is 0 Å². The van der Waals surface area contributed by atoms with Crippen molar-refractivity contribution in [3.63, 3.8) is 0 Å². The maximum atomic E-state index is 11.9. The second-order valence-electron chi connectivity index (χ2n) is 5.50. The molecule has 1 aliphatic carbocycles. The normalized spacial score (nSPS) is 20.9. The van der Waals surface area contributed by atoms with Crippen LogP contribution in [-0.2, 0) is 19.6 Å². The Balaban J connectivity index is 2.68. The molecule has 18 heavy (non-hydrogen) atoms. The van der Waals surface area contributed by atoms with Crippen LogP contribution in [0.15, 0.2) is 0 Å². The summed E-state index contributed by atoms with van der Waals surface area (Å²) in [5, 5.41) is 0. The highest BCUT2D eigenvalue weighted by Gasteiger charge is 2.41. The van der Waals surface area contributed by atoms with E-state index in [9.17, 15) is 13.2 Å². The minimum absolute atomic E-state index is 0.210. The molecule has 6 heteroatoms. The summed E-state index contributed by atoms with van der Waals surface area (Å²) in [6.07, 6.45) is 3.71. The molecule has 0 radical (unpaired) electrons. The highest BCUT2D eigenvalue weighted by atomic mass is 32.2. The summed E-state index contributed by atoms with van der Waals surface area (Å²) >= 11 is 0. The van der Waals surface area contributed by atoms with Crippen LogP contribution in [0, 0.1) is 11.8 Å². The Bertz CT molecular complexity index is 393. The molecular formula is C12H22O5S. The van der Waals surface area contributed by atoms with Crippen molar-refractivity contribution in [3.05, 3.63) is 0 Å². The fourth-order valence-corrected chi connectivity index (χ4v) is 3.22. The second-order valence-corrected chi connectivity index (χ2v) is 6.99. The first kappa shape index (κ1) is 15.4. The van der Waals surface area contributed by atoms with Crippen molar-refractivity contribution < 1.29 is 22.5 Å². The first-order valence-corrected chi connectivity index (χ1v) is 7.95. The van der Waals surface area contributed by atoms with Crippen LogP contribution in [0.5, 0.6) is 0 Å². The molecule has 1 N–H and O–H groups in total. The van der Waals surface area contributed by atoms with E-state index in [0.29, 0.717) is 0 Å². The third kappa shape index (κ3) is 3.95. The molecule has 0 heterocycles. The second kappa shape index (κ2) is 5.57. The maximum absolute atomic E-state index is 11.9. The van der Waals surface area contributed by atoms with Crippen molar-refractivity contribution in [2.24, 2.45) is 11.8 Å². The quantitative estimate of drug-likeness (QED) is 0.614. The number of hydrogen-bond donors (Lipinski definition) is 1. The number of esters is 1. The highest BCUT2D eigenvalue weighted by molar-refractivity contribution is 7.85. The zero-order valence-corrected chi connectivity index (χ0v) is 12.0. The Labute approximate surface area is 109 Å². The standard InChI is InChI=1S/C12H22O5S/c1-9(2)12(6-4-5-7-12)17-11(13)10(3)8-18(14,15)16/h9-10H,4-8H2,1-3H3,(H,14,15,16). The SMILES string of the molecule is CC(CS(=O)(=O)O)C(=O)OC1(C(C)C)CCCC1. The molecular weight excluding hydrogens is 256 g/mol. The van der Waals surface area contributed by atoms with E-state index in [-0.39, 0.29) is 5.92 Å². The molecule has 5 nitrogen and oxygen atoms in total. The Kier molecular flexibility index (Phi) is 4.78. The van der Waals surface area contributed by atoms with Gasteiger partial charge in [-0.05, 0) is 31.6 Å². The van der Waals surface area contributed by atoms with E-state index < -0.39 is 33.4 Å². The molecule has 1 aliphatic rings. The van der Waals surface area contributed by atoms with Gasteiger partial charge in [0.2, 0.25) is 0 Å². The van der Waals surface area contributed by atoms with E-state index in [1.807, 2.05) is 13.8 Å². The molecule has 1 saturated carbocycles. The zero-order chi connectivity index (χ0) is 14.0. The highest BCUT2D eigenvalue weighted by Crippen LogP contribution is 2.39. The zero-order valence-electron chi connectivity index (χ0n) is 11.2. The smallest absolute Gasteiger partial charge is 0.310 e. The van der Waals surface area contributed by atoms with Gasteiger partial charge in [0.15, 0.2) is 0 Å². The van der Waals surface area contributed by atoms with Gasteiger partial charge in [0.1, 0.15) is 5.60 Å². The molecule has 1 fully saturated rings. The minimum Gasteiger partial charge on any atom is -0.459 e. The van der Waals surface area contributed by atoms with Crippen molar-refractivity contribution in [1.29, 1.82) is 0 Å². The number of rotatable bonds is 5. The molecule has 0 spiro atoms. The predicted molar refractivity (Wildman–Crippen MR) is 67.7 cm³/mol. The van der Waals surface area contributed by atoms with E-state index in [2.05, 4.69) is 0 Å². The molecule has 1 rings (SSSR count). The van der Waals surface area contributed by atoms with Crippen molar-refractivity contribution in [2.75, 3.05) is 5.75 Å². The molecule has 0 amide bonds. The van der Waals surface area contributed by atoms with Gasteiger partial charge in [-0.25, -0.2) is 0 Å². The van der Waals surface area contributed by atoms with Crippen LogP contribution in [0.25, 0.3) is 0 Å². The van der Waals surface area contributed by atoms with Crippen LogP contribution in [0.2, 0.25) is 0 Å². The average Bonchev–Trinajstić information content (AvgIpc) is 2.64. The lowest BCUT2D eigenvalue weighted by Crippen LogP contribution is -2.40. The van der Waals surface area contributed by atoms with Crippen LogP contribution in [-0.4, -0.2) is 30.3 Å². The van der Waals surface area contributed by atoms with E-state index in [1.165, 1.54) is 6.92 Å². The number of ether oxygens (including phenoxy) is 1. The third-order valence-corrected chi connectivity index (χ3v) is 4.59. The van der Waals surface area contributed by atoms with Crippen LogP contribution < -0.4 is 0 Å². The summed E-state index contributed by atoms with van der Waals surface area (Å²) in [5.74, 6) is -1.75. The molecule has 106 valence electrons. The van der Waals surface area contributed by atoms with E-state index >= 15 is 0 Å². The van der Waals surface area contributed by atoms with Gasteiger partial charge >= 0.3 is 5.97 Å². The van der Waals surface area contributed by atoms with E-state index in [4.69, 9.17) is 9.29 Å². The summed E-state index contributed by atoms with van der Waals surface area (Å²) in [7, 11) is -4.14. The van der Waals surface area contributed by atoms with Gasteiger partial charge in [0, 0.05) is 0 Å². The first-order chi connectivity index (χ1) is 8.16. The lowest BCUT2D eigenvalue weighted by atomic mass is 9.88. The van der Waals surface area contributed by atoms with Crippen molar-refractivity contribution in [3.8, 4) is 0 Å². The van der Waals surface area contributed by atoms with Crippen LogP contribution in [0.4, 0.5) is 0 Å². The molecule has 1 unspecified atom stereocenters. The van der Waals surface area contributed by atoms with Crippen molar-refractivity contribution >= 4 is 16.1 Å². The molecule has 0 bridgehead atoms. The summed E-state index contributed by atoms with van der Waals surface area (Å²) in [5.41, 5.74) is -0.454. The van der Waals surface area contributed by atoms with Crippen molar-refractivity contribution in [1.82, 2.24) is 0 Å². The topological polar surface area (TPSA) is 80.7 Å². The Morgan fingerprint density at radius 2 is 1.78 bits per heavy atom.